The number of hydrogen-bond acceptors (Lipinski definition) is 4. The van der Waals surface area contributed by atoms with E-state index in [0.29, 0.717) is 26.3 Å². The molecule has 0 bridgehead atoms. The second-order valence-electron chi connectivity index (χ2n) is 4.27. The van der Waals surface area contributed by atoms with Crippen molar-refractivity contribution in [3.8, 4) is 0 Å². The lowest BCUT2D eigenvalue weighted by Gasteiger charge is -2.26. The van der Waals surface area contributed by atoms with E-state index < -0.39 is 16.1 Å². The number of ether oxygens (including phenoxy) is 1. The molecule has 0 unspecified atom stereocenters. The normalized spacial score (nSPS) is 16.3. The fraction of sp³-hybridized carbons (Fsp3) is 0.308. The molecule has 1 aromatic rings. The minimum absolute atomic E-state index is 0.393. The third-order valence-corrected chi connectivity index (χ3v) is 3.72. The Labute approximate surface area is 118 Å². The highest BCUT2D eigenvalue weighted by Gasteiger charge is 2.20. The van der Waals surface area contributed by atoms with E-state index in [2.05, 4.69) is 0 Å². The zero-order valence-electron chi connectivity index (χ0n) is 10.9. The smallest absolute Gasteiger partial charge is 0.331 e. The van der Waals surface area contributed by atoms with Crippen LogP contribution in [-0.2, 0) is 14.8 Å². The summed E-state index contributed by atoms with van der Waals surface area (Å²) in [7, 11) is -3.79. The van der Waals surface area contributed by atoms with Crippen LogP contribution in [-0.4, -0.2) is 45.7 Å². The molecule has 0 saturated carbocycles. The summed E-state index contributed by atoms with van der Waals surface area (Å²) in [4.78, 5) is 13.2. The largest absolute Gasteiger partial charge is 0.378 e. The summed E-state index contributed by atoms with van der Waals surface area (Å²) in [6.45, 7) is 1.63. The topological polar surface area (TPSA) is 75.7 Å². The zero-order valence-corrected chi connectivity index (χ0v) is 11.7. The fourth-order valence-electron chi connectivity index (χ4n) is 1.72. The number of sulfonamides is 1. The third-order valence-electron chi connectivity index (χ3n) is 2.77. The Balaban J connectivity index is 1.96. The van der Waals surface area contributed by atoms with Crippen LogP contribution in [0.5, 0.6) is 0 Å². The molecule has 20 heavy (non-hydrogen) atoms. The highest BCUT2D eigenvalue weighted by Crippen LogP contribution is 2.04. The minimum Gasteiger partial charge on any atom is -0.378 e. The van der Waals surface area contributed by atoms with Crippen LogP contribution in [0.2, 0.25) is 0 Å². The van der Waals surface area contributed by atoms with Gasteiger partial charge in [0.1, 0.15) is 0 Å². The predicted molar refractivity (Wildman–Crippen MR) is 75.3 cm³/mol. The van der Waals surface area contributed by atoms with Crippen molar-refractivity contribution >= 4 is 22.1 Å². The van der Waals surface area contributed by atoms with E-state index in [9.17, 15) is 13.2 Å². The Morgan fingerprint density at radius 2 is 1.85 bits per heavy atom. The molecule has 1 aliphatic rings. The summed E-state index contributed by atoms with van der Waals surface area (Å²) < 4.78 is 30.7. The lowest BCUT2D eigenvalue weighted by atomic mass is 10.2. The van der Waals surface area contributed by atoms with Crippen molar-refractivity contribution in [2.45, 2.75) is 0 Å². The van der Waals surface area contributed by atoms with E-state index in [1.165, 1.54) is 11.0 Å². The van der Waals surface area contributed by atoms with Crippen molar-refractivity contribution in [2.24, 2.45) is 0 Å². The van der Waals surface area contributed by atoms with Gasteiger partial charge in [-0.15, -0.1) is 0 Å². The van der Waals surface area contributed by atoms with Gasteiger partial charge in [-0.05, 0) is 11.6 Å². The van der Waals surface area contributed by atoms with Gasteiger partial charge in [0.05, 0.1) is 18.6 Å². The maximum Gasteiger partial charge on any atom is 0.331 e. The molecule has 1 aromatic carbocycles. The summed E-state index contributed by atoms with van der Waals surface area (Å²) in [6.07, 6.45) is 1.44. The van der Waals surface area contributed by atoms with E-state index in [-0.39, 0.29) is 0 Å². The van der Waals surface area contributed by atoms with Crippen LogP contribution in [0.1, 0.15) is 5.56 Å². The number of amides is 2. The zero-order chi connectivity index (χ0) is 14.4. The first-order chi connectivity index (χ1) is 9.57. The summed E-state index contributed by atoms with van der Waals surface area (Å²) >= 11 is 0. The fourth-order valence-corrected chi connectivity index (χ4v) is 2.50. The Kier molecular flexibility index (Phi) is 4.75. The monoisotopic (exact) mass is 296 g/mol. The minimum atomic E-state index is -3.79. The molecule has 0 radical (unpaired) electrons. The molecule has 0 atom stereocenters. The predicted octanol–water partition coefficient (Wildman–Crippen LogP) is 1.03. The van der Waals surface area contributed by atoms with Gasteiger partial charge in [-0.3, -0.25) is 0 Å². The summed E-state index contributed by atoms with van der Waals surface area (Å²) in [5.41, 5.74) is 0.747. The van der Waals surface area contributed by atoms with Crippen molar-refractivity contribution in [3.05, 3.63) is 41.3 Å². The van der Waals surface area contributed by atoms with Gasteiger partial charge in [-0.25, -0.2) is 17.9 Å². The number of carbonyl (C=O) groups excluding carboxylic acids is 1. The van der Waals surface area contributed by atoms with Gasteiger partial charge in [0.15, 0.2) is 0 Å². The molecule has 1 N–H and O–H groups in total. The molecule has 1 heterocycles. The SMILES string of the molecule is O=C(NS(=O)(=O)C=Cc1ccccc1)N1CCOCC1. The number of urea groups is 1. The summed E-state index contributed by atoms with van der Waals surface area (Å²) in [6, 6.07) is 8.38. The van der Waals surface area contributed by atoms with Crippen molar-refractivity contribution in [1.82, 2.24) is 9.62 Å². The Hall–Kier alpha value is -1.86. The molecule has 2 amide bonds. The van der Waals surface area contributed by atoms with Gasteiger partial charge in [-0.2, -0.15) is 0 Å². The number of morpholine rings is 1. The van der Waals surface area contributed by atoms with E-state index in [4.69, 9.17) is 4.74 Å². The van der Waals surface area contributed by atoms with E-state index >= 15 is 0 Å². The molecule has 7 heteroatoms. The van der Waals surface area contributed by atoms with Crippen molar-refractivity contribution in [3.63, 3.8) is 0 Å². The number of rotatable bonds is 3. The highest BCUT2D eigenvalue weighted by molar-refractivity contribution is 7.93. The van der Waals surface area contributed by atoms with Crippen LogP contribution in [0.15, 0.2) is 35.7 Å². The maximum absolute atomic E-state index is 11.8. The maximum atomic E-state index is 11.8. The Morgan fingerprint density at radius 1 is 1.20 bits per heavy atom. The average Bonchev–Trinajstić information content (AvgIpc) is 2.47. The van der Waals surface area contributed by atoms with Gasteiger partial charge in [-0.1, -0.05) is 30.3 Å². The van der Waals surface area contributed by atoms with Gasteiger partial charge in [0.2, 0.25) is 0 Å². The third kappa shape index (κ3) is 4.36. The number of carbonyl (C=O) groups is 1. The van der Waals surface area contributed by atoms with Crippen molar-refractivity contribution in [2.75, 3.05) is 26.3 Å². The van der Waals surface area contributed by atoms with E-state index in [1.807, 2.05) is 10.8 Å². The molecule has 6 nitrogen and oxygen atoms in total. The standard InChI is InChI=1S/C13H16N2O4S/c16-13(15-7-9-19-10-8-15)14-20(17,18)11-6-12-4-2-1-3-5-12/h1-6,11H,7-10H2,(H,14,16). The van der Waals surface area contributed by atoms with Crippen LogP contribution >= 0.6 is 0 Å². The lowest BCUT2D eigenvalue weighted by Crippen LogP contribution is -2.47. The van der Waals surface area contributed by atoms with Crippen molar-refractivity contribution < 1.29 is 17.9 Å². The first-order valence-electron chi connectivity index (χ1n) is 6.19. The highest BCUT2D eigenvalue weighted by atomic mass is 32.2. The first-order valence-corrected chi connectivity index (χ1v) is 7.74. The van der Waals surface area contributed by atoms with Crippen molar-refractivity contribution in [1.29, 1.82) is 0 Å². The molecular formula is C13H16N2O4S. The second kappa shape index (κ2) is 6.53. The number of nitrogens with zero attached hydrogens (tertiary/aromatic N) is 1. The number of benzene rings is 1. The average molecular weight is 296 g/mol. The molecular weight excluding hydrogens is 280 g/mol. The molecule has 0 aliphatic carbocycles. The van der Waals surface area contributed by atoms with Crippen LogP contribution in [0.3, 0.4) is 0 Å². The van der Waals surface area contributed by atoms with Gasteiger partial charge < -0.3 is 9.64 Å². The number of hydrogen-bond donors (Lipinski definition) is 1. The molecule has 1 saturated heterocycles. The van der Waals surface area contributed by atoms with Crippen LogP contribution in [0, 0.1) is 0 Å². The van der Waals surface area contributed by atoms with E-state index in [1.54, 1.807) is 24.3 Å². The quantitative estimate of drug-likeness (QED) is 0.904. The molecule has 2 rings (SSSR count). The molecule has 108 valence electrons. The van der Waals surface area contributed by atoms with E-state index in [0.717, 1.165) is 11.0 Å². The van der Waals surface area contributed by atoms with Crippen LogP contribution in [0.25, 0.3) is 6.08 Å². The van der Waals surface area contributed by atoms with Crippen LogP contribution in [0.4, 0.5) is 4.79 Å². The molecule has 1 aliphatic heterocycles. The van der Waals surface area contributed by atoms with Gasteiger partial charge >= 0.3 is 6.03 Å². The first kappa shape index (κ1) is 14.5. The second-order valence-corrected chi connectivity index (χ2v) is 5.83. The van der Waals surface area contributed by atoms with Gasteiger partial charge in [0.25, 0.3) is 10.0 Å². The Bertz CT molecular complexity index is 578. The van der Waals surface area contributed by atoms with Gasteiger partial charge in [0, 0.05) is 13.1 Å². The molecule has 0 aromatic heterocycles. The Morgan fingerprint density at radius 3 is 2.50 bits per heavy atom. The molecule has 1 fully saturated rings. The van der Waals surface area contributed by atoms with Crippen LogP contribution < -0.4 is 4.72 Å². The summed E-state index contributed by atoms with van der Waals surface area (Å²) in [5, 5.41) is 0.987. The lowest BCUT2D eigenvalue weighted by molar-refractivity contribution is 0.0545. The summed E-state index contributed by atoms with van der Waals surface area (Å²) in [5.74, 6) is 0. The molecule has 0 spiro atoms. The number of nitrogens with one attached hydrogen (secondary N) is 1.